The first-order chi connectivity index (χ1) is 12.0. The zero-order chi connectivity index (χ0) is 18.0. The lowest BCUT2D eigenvalue weighted by Crippen LogP contribution is -2.22. The number of ether oxygens (including phenoxy) is 1. The summed E-state index contributed by atoms with van der Waals surface area (Å²) in [6.07, 6.45) is 2.28. The van der Waals surface area contributed by atoms with Crippen molar-refractivity contribution in [2.45, 2.75) is 33.3 Å². The van der Waals surface area contributed by atoms with Crippen LogP contribution < -0.4 is 5.56 Å². The van der Waals surface area contributed by atoms with Crippen molar-refractivity contribution >= 4 is 16.7 Å². The SMILES string of the molecule is CCc1ccc(-n2cc(C(=O)OC(C)C)c3ccccc3c2=O)cc1. The Morgan fingerprint density at radius 1 is 1.04 bits per heavy atom. The summed E-state index contributed by atoms with van der Waals surface area (Å²) in [6, 6.07) is 14.9. The highest BCUT2D eigenvalue weighted by Gasteiger charge is 2.17. The Labute approximate surface area is 146 Å². The van der Waals surface area contributed by atoms with Gasteiger partial charge in [-0.2, -0.15) is 0 Å². The van der Waals surface area contributed by atoms with Crippen molar-refractivity contribution in [2.75, 3.05) is 0 Å². The molecular weight excluding hydrogens is 314 g/mol. The number of nitrogens with zero attached hydrogens (tertiary/aromatic N) is 1. The normalized spacial score (nSPS) is 11.0. The monoisotopic (exact) mass is 335 g/mol. The molecule has 1 heterocycles. The van der Waals surface area contributed by atoms with Crippen LogP contribution in [0.1, 0.15) is 36.7 Å². The summed E-state index contributed by atoms with van der Waals surface area (Å²) in [4.78, 5) is 25.4. The molecule has 0 radical (unpaired) electrons. The summed E-state index contributed by atoms with van der Waals surface area (Å²) in [5.74, 6) is -0.426. The zero-order valence-electron chi connectivity index (χ0n) is 14.7. The Hall–Kier alpha value is -2.88. The van der Waals surface area contributed by atoms with Gasteiger partial charge in [0.15, 0.2) is 0 Å². The molecule has 0 N–H and O–H groups in total. The number of benzene rings is 2. The highest BCUT2D eigenvalue weighted by molar-refractivity contribution is 6.04. The van der Waals surface area contributed by atoms with Crippen LogP contribution in [0.4, 0.5) is 0 Å². The van der Waals surface area contributed by atoms with E-state index >= 15 is 0 Å². The minimum Gasteiger partial charge on any atom is -0.459 e. The number of aromatic nitrogens is 1. The third-order valence-electron chi connectivity index (χ3n) is 4.11. The molecule has 0 saturated carbocycles. The van der Waals surface area contributed by atoms with Gasteiger partial charge in [-0.05, 0) is 44.0 Å². The van der Waals surface area contributed by atoms with Crippen LogP contribution in [0, 0.1) is 0 Å². The van der Waals surface area contributed by atoms with Crippen LogP contribution in [0.25, 0.3) is 16.5 Å². The Morgan fingerprint density at radius 3 is 2.28 bits per heavy atom. The van der Waals surface area contributed by atoms with Gasteiger partial charge in [0.25, 0.3) is 5.56 Å². The van der Waals surface area contributed by atoms with E-state index in [0.29, 0.717) is 16.3 Å². The van der Waals surface area contributed by atoms with Crippen molar-refractivity contribution in [1.29, 1.82) is 0 Å². The molecule has 128 valence electrons. The van der Waals surface area contributed by atoms with Crippen molar-refractivity contribution in [2.24, 2.45) is 0 Å². The maximum atomic E-state index is 12.9. The van der Waals surface area contributed by atoms with E-state index in [0.717, 1.165) is 12.1 Å². The van der Waals surface area contributed by atoms with Crippen molar-refractivity contribution in [3.05, 3.63) is 76.2 Å². The van der Waals surface area contributed by atoms with Gasteiger partial charge >= 0.3 is 5.97 Å². The molecule has 0 amide bonds. The van der Waals surface area contributed by atoms with Crippen LogP contribution in [-0.2, 0) is 11.2 Å². The van der Waals surface area contributed by atoms with Crippen LogP contribution in [0.15, 0.2) is 59.5 Å². The van der Waals surface area contributed by atoms with Crippen molar-refractivity contribution in [3.8, 4) is 5.69 Å². The van der Waals surface area contributed by atoms with Gasteiger partial charge < -0.3 is 4.74 Å². The van der Waals surface area contributed by atoms with Gasteiger partial charge in [0.2, 0.25) is 0 Å². The lowest BCUT2D eigenvalue weighted by Gasteiger charge is -2.14. The molecule has 2 aromatic carbocycles. The third kappa shape index (κ3) is 3.33. The molecular formula is C21H21NO3. The standard InChI is InChI=1S/C21H21NO3/c1-4-15-9-11-16(12-10-15)22-13-19(21(24)25-14(2)3)17-7-5-6-8-18(17)20(22)23/h5-14H,4H2,1-3H3. The second-order valence-corrected chi connectivity index (χ2v) is 6.24. The van der Waals surface area contributed by atoms with Crippen LogP contribution in [0.5, 0.6) is 0 Å². The van der Waals surface area contributed by atoms with E-state index < -0.39 is 5.97 Å². The number of pyridine rings is 1. The lowest BCUT2D eigenvalue weighted by molar-refractivity contribution is 0.0379. The highest BCUT2D eigenvalue weighted by atomic mass is 16.5. The van der Waals surface area contributed by atoms with E-state index in [1.54, 1.807) is 38.2 Å². The summed E-state index contributed by atoms with van der Waals surface area (Å²) < 4.78 is 6.87. The minimum absolute atomic E-state index is 0.152. The summed E-state index contributed by atoms with van der Waals surface area (Å²) in [5, 5.41) is 1.11. The first-order valence-corrected chi connectivity index (χ1v) is 8.46. The molecule has 0 aliphatic rings. The van der Waals surface area contributed by atoms with E-state index in [1.165, 1.54) is 10.1 Å². The van der Waals surface area contributed by atoms with Gasteiger partial charge in [0.05, 0.1) is 11.7 Å². The Bertz CT molecular complexity index is 969. The van der Waals surface area contributed by atoms with E-state index in [4.69, 9.17) is 4.74 Å². The van der Waals surface area contributed by atoms with Crippen molar-refractivity contribution < 1.29 is 9.53 Å². The molecule has 0 aliphatic heterocycles. The molecule has 0 fully saturated rings. The molecule has 4 heteroatoms. The maximum Gasteiger partial charge on any atom is 0.340 e. The van der Waals surface area contributed by atoms with Crippen LogP contribution >= 0.6 is 0 Å². The summed E-state index contributed by atoms with van der Waals surface area (Å²) in [7, 11) is 0. The first-order valence-electron chi connectivity index (χ1n) is 8.46. The predicted octanol–water partition coefficient (Wildman–Crippen LogP) is 4.12. The number of carbonyl (C=O) groups excluding carboxylic acids is 1. The summed E-state index contributed by atoms with van der Waals surface area (Å²) in [6.45, 7) is 5.69. The molecule has 1 aromatic heterocycles. The van der Waals surface area contributed by atoms with Gasteiger partial charge in [-0.1, -0.05) is 37.3 Å². The third-order valence-corrected chi connectivity index (χ3v) is 4.11. The average Bonchev–Trinajstić information content (AvgIpc) is 2.62. The topological polar surface area (TPSA) is 48.3 Å². The van der Waals surface area contributed by atoms with Crippen molar-refractivity contribution in [3.63, 3.8) is 0 Å². The molecule has 0 atom stereocenters. The Morgan fingerprint density at radius 2 is 1.68 bits per heavy atom. The number of rotatable bonds is 4. The van der Waals surface area contributed by atoms with Gasteiger partial charge in [-0.3, -0.25) is 9.36 Å². The van der Waals surface area contributed by atoms with E-state index in [9.17, 15) is 9.59 Å². The van der Waals surface area contributed by atoms with Crippen LogP contribution in [0.3, 0.4) is 0 Å². The number of hydrogen-bond acceptors (Lipinski definition) is 3. The molecule has 3 aromatic rings. The Balaban J connectivity index is 2.23. The molecule has 0 spiro atoms. The van der Waals surface area contributed by atoms with Gasteiger partial charge in [0.1, 0.15) is 0 Å². The van der Waals surface area contributed by atoms with Gasteiger partial charge in [0, 0.05) is 22.7 Å². The molecule has 0 unspecified atom stereocenters. The van der Waals surface area contributed by atoms with Gasteiger partial charge in [-0.25, -0.2) is 4.79 Å². The van der Waals surface area contributed by atoms with Crippen LogP contribution in [0.2, 0.25) is 0 Å². The molecule has 3 rings (SSSR count). The van der Waals surface area contributed by atoms with Crippen molar-refractivity contribution in [1.82, 2.24) is 4.57 Å². The predicted molar refractivity (Wildman–Crippen MR) is 99.5 cm³/mol. The number of aryl methyl sites for hydroxylation is 1. The second-order valence-electron chi connectivity index (χ2n) is 6.24. The van der Waals surface area contributed by atoms with E-state index in [-0.39, 0.29) is 11.7 Å². The molecule has 0 aliphatic carbocycles. The molecule has 0 saturated heterocycles. The second kappa shape index (κ2) is 6.93. The average molecular weight is 335 g/mol. The largest absolute Gasteiger partial charge is 0.459 e. The van der Waals surface area contributed by atoms with Crippen LogP contribution in [-0.4, -0.2) is 16.6 Å². The minimum atomic E-state index is -0.426. The van der Waals surface area contributed by atoms with E-state index in [1.807, 2.05) is 30.3 Å². The fraction of sp³-hybridized carbons (Fsp3) is 0.238. The number of carbonyl (C=O) groups is 1. The number of fused-ring (bicyclic) bond motifs is 1. The zero-order valence-corrected chi connectivity index (χ0v) is 14.7. The molecule has 25 heavy (non-hydrogen) atoms. The maximum absolute atomic E-state index is 12.9. The Kier molecular flexibility index (Phi) is 4.70. The molecule has 4 nitrogen and oxygen atoms in total. The smallest absolute Gasteiger partial charge is 0.340 e. The summed E-state index contributed by atoms with van der Waals surface area (Å²) in [5.41, 5.74) is 2.16. The molecule has 0 bridgehead atoms. The number of hydrogen-bond donors (Lipinski definition) is 0. The summed E-state index contributed by atoms with van der Waals surface area (Å²) >= 11 is 0. The fourth-order valence-corrected chi connectivity index (χ4v) is 2.82. The highest BCUT2D eigenvalue weighted by Crippen LogP contribution is 2.19. The fourth-order valence-electron chi connectivity index (χ4n) is 2.82. The first kappa shape index (κ1) is 17.0. The lowest BCUT2D eigenvalue weighted by atomic mass is 10.1. The quantitative estimate of drug-likeness (QED) is 0.674. The van der Waals surface area contributed by atoms with Gasteiger partial charge in [-0.15, -0.1) is 0 Å². The van der Waals surface area contributed by atoms with E-state index in [2.05, 4.69) is 6.92 Å². The number of esters is 1.